The van der Waals surface area contributed by atoms with Crippen LogP contribution in [0.15, 0.2) is 18.2 Å². The SMILES string of the molecule is C#CCOc1cccc(F)c1C1=[C-]CC(I)C(=O)N1C.[Y]. The molecule has 0 saturated heterocycles. The van der Waals surface area contributed by atoms with Gasteiger partial charge in [0.15, 0.2) is 0 Å². The van der Waals surface area contributed by atoms with Gasteiger partial charge in [0.1, 0.15) is 6.61 Å². The van der Waals surface area contributed by atoms with E-state index < -0.39 is 5.82 Å². The van der Waals surface area contributed by atoms with Crippen LogP contribution in [-0.2, 0) is 37.5 Å². The number of ether oxygens (including phenoxy) is 1. The van der Waals surface area contributed by atoms with Crippen molar-refractivity contribution in [3.63, 3.8) is 0 Å². The Morgan fingerprint density at radius 2 is 2.33 bits per heavy atom. The van der Waals surface area contributed by atoms with Crippen LogP contribution in [0, 0.1) is 24.2 Å². The monoisotopic (exact) mass is 473 g/mol. The van der Waals surface area contributed by atoms with Crippen LogP contribution in [0.4, 0.5) is 4.39 Å². The molecule has 21 heavy (non-hydrogen) atoms. The molecule has 1 aliphatic rings. The van der Waals surface area contributed by atoms with E-state index in [1.807, 2.05) is 22.6 Å². The Hall–Kier alpha value is -0.446. The van der Waals surface area contributed by atoms with Crippen molar-refractivity contribution < 1.29 is 46.6 Å². The van der Waals surface area contributed by atoms with Crippen molar-refractivity contribution in [2.75, 3.05) is 13.7 Å². The number of hydrogen-bond donors (Lipinski definition) is 0. The second-order valence-corrected chi connectivity index (χ2v) is 5.70. The van der Waals surface area contributed by atoms with Gasteiger partial charge in [-0.25, -0.2) is 10.5 Å². The molecule has 0 N–H and O–H groups in total. The topological polar surface area (TPSA) is 29.5 Å². The number of amides is 1. The molecule has 1 heterocycles. The maximum atomic E-state index is 14.1. The van der Waals surface area contributed by atoms with Crippen LogP contribution in [0.5, 0.6) is 5.75 Å². The predicted molar refractivity (Wildman–Crippen MR) is 82.6 cm³/mol. The van der Waals surface area contributed by atoms with Crippen molar-refractivity contribution >= 4 is 34.2 Å². The summed E-state index contributed by atoms with van der Waals surface area (Å²) < 4.78 is 19.3. The summed E-state index contributed by atoms with van der Waals surface area (Å²) in [6.07, 6.45) is 8.67. The summed E-state index contributed by atoms with van der Waals surface area (Å²) in [7, 11) is 1.60. The number of carbonyl (C=O) groups excluding carboxylic acids is 1. The number of hydrogen-bond acceptors (Lipinski definition) is 2. The molecular weight excluding hydrogens is 461 g/mol. The van der Waals surface area contributed by atoms with Crippen LogP contribution >= 0.6 is 22.6 Å². The van der Waals surface area contributed by atoms with Gasteiger partial charge in [-0.05, 0) is 12.1 Å². The third-order valence-electron chi connectivity index (χ3n) is 2.91. The molecule has 1 aromatic rings. The van der Waals surface area contributed by atoms with Crippen LogP contribution in [0.25, 0.3) is 5.70 Å². The number of terminal acetylenes is 1. The Morgan fingerprint density at radius 1 is 1.62 bits per heavy atom. The fourth-order valence-corrected chi connectivity index (χ4v) is 2.58. The molecule has 6 heteroatoms. The van der Waals surface area contributed by atoms with Crippen molar-refractivity contribution in [2.24, 2.45) is 0 Å². The largest absolute Gasteiger partial charge is 0.499 e. The van der Waals surface area contributed by atoms with Crippen molar-refractivity contribution in [1.29, 1.82) is 0 Å². The third kappa shape index (κ3) is 4.05. The molecule has 1 atom stereocenters. The number of rotatable bonds is 3. The Balaban J connectivity index is 0.00000220. The van der Waals surface area contributed by atoms with Gasteiger partial charge in [0.2, 0.25) is 5.91 Å². The van der Waals surface area contributed by atoms with Gasteiger partial charge in [0, 0.05) is 39.8 Å². The van der Waals surface area contributed by atoms with E-state index >= 15 is 0 Å². The number of halogens is 2. The van der Waals surface area contributed by atoms with E-state index in [0.29, 0.717) is 17.9 Å². The minimum Gasteiger partial charge on any atom is -0.499 e. The van der Waals surface area contributed by atoms with Crippen LogP contribution in [0.3, 0.4) is 0 Å². The molecule has 0 bridgehead atoms. The van der Waals surface area contributed by atoms with Gasteiger partial charge in [-0.2, -0.15) is 0 Å². The zero-order valence-corrected chi connectivity index (χ0v) is 16.4. The van der Waals surface area contributed by atoms with Crippen molar-refractivity contribution in [3.8, 4) is 18.1 Å². The Labute approximate surface area is 162 Å². The standard InChI is InChI=1S/C15H12FINO2.Y/c1-3-9-20-13-6-4-5-10(16)14(13)12-8-7-11(17)15(19)18(12)2;/h1,4-6,11H,7,9H2,2H3;/q-1;. The van der Waals surface area contributed by atoms with E-state index in [1.54, 1.807) is 13.1 Å². The number of allylic oxidation sites excluding steroid dienone is 1. The first-order valence-corrected chi connectivity index (χ1v) is 7.18. The average Bonchev–Trinajstić information content (AvgIpc) is 2.44. The van der Waals surface area contributed by atoms with Gasteiger partial charge in [0.05, 0.1) is 15.5 Å². The van der Waals surface area contributed by atoms with Gasteiger partial charge in [-0.1, -0.05) is 46.6 Å². The number of carbonyl (C=O) groups is 1. The molecule has 0 saturated carbocycles. The molecule has 0 fully saturated rings. The van der Waals surface area contributed by atoms with Crippen LogP contribution < -0.4 is 4.74 Å². The van der Waals surface area contributed by atoms with E-state index in [0.717, 1.165) is 0 Å². The van der Waals surface area contributed by atoms with Gasteiger partial charge < -0.3 is 9.64 Å². The normalized spacial score (nSPS) is 17.6. The summed E-state index contributed by atoms with van der Waals surface area (Å²) in [5.74, 6) is 2.11. The molecule has 0 aliphatic carbocycles. The second kappa shape index (κ2) is 8.26. The minimum atomic E-state index is -0.464. The van der Waals surface area contributed by atoms with Crippen molar-refractivity contribution in [1.82, 2.24) is 4.90 Å². The van der Waals surface area contributed by atoms with Gasteiger partial charge in [0.25, 0.3) is 0 Å². The zero-order chi connectivity index (χ0) is 14.7. The number of benzene rings is 1. The molecule has 1 amide bonds. The quantitative estimate of drug-likeness (QED) is 0.293. The third-order valence-corrected chi connectivity index (χ3v) is 3.88. The molecule has 0 spiro atoms. The smallest absolute Gasteiger partial charge is 0.235 e. The van der Waals surface area contributed by atoms with E-state index in [-0.39, 0.29) is 54.7 Å². The summed E-state index contributed by atoms with van der Waals surface area (Å²) >= 11 is 2.05. The first-order valence-electron chi connectivity index (χ1n) is 5.94. The van der Waals surface area contributed by atoms with E-state index in [2.05, 4.69) is 12.0 Å². The molecule has 1 aliphatic heterocycles. The minimum absolute atomic E-state index is 0. The molecule has 1 radical (unpaired) electrons. The molecular formula is C15H12FINO2Y-. The summed E-state index contributed by atoms with van der Waals surface area (Å²) in [5, 5.41) is 0. The van der Waals surface area contributed by atoms with Crippen molar-refractivity contribution in [2.45, 2.75) is 10.3 Å². The Bertz CT molecular complexity index is 612. The Morgan fingerprint density at radius 3 is 3.00 bits per heavy atom. The Kier molecular flexibility index (Phi) is 7.31. The maximum absolute atomic E-state index is 14.1. The van der Waals surface area contributed by atoms with Crippen molar-refractivity contribution in [3.05, 3.63) is 35.7 Å². The first-order chi connectivity index (χ1) is 9.56. The second-order valence-electron chi connectivity index (χ2n) is 4.20. The van der Waals surface area contributed by atoms with Crippen LogP contribution in [-0.4, -0.2) is 28.4 Å². The fourth-order valence-electron chi connectivity index (χ4n) is 1.94. The van der Waals surface area contributed by atoms with E-state index in [9.17, 15) is 9.18 Å². The summed E-state index contributed by atoms with van der Waals surface area (Å²) in [5.41, 5.74) is 0.620. The molecule has 3 nitrogen and oxygen atoms in total. The van der Waals surface area contributed by atoms with Gasteiger partial charge >= 0.3 is 0 Å². The molecule has 1 aromatic carbocycles. The summed E-state index contributed by atoms with van der Waals surface area (Å²) in [4.78, 5) is 13.4. The van der Waals surface area contributed by atoms with Gasteiger partial charge in [-0.15, -0.1) is 12.1 Å². The number of nitrogens with zero attached hydrogens (tertiary/aromatic N) is 1. The molecule has 0 aromatic heterocycles. The summed E-state index contributed by atoms with van der Waals surface area (Å²) in [6, 6.07) is 4.48. The first kappa shape index (κ1) is 18.6. The predicted octanol–water partition coefficient (Wildman–Crippen LogP) is 2.64. The average molecular weight is 473 g/mol. The van der Waals surface area contributed by atoms with E-state index in [4.69, 9.17) is 11.2 Å². The van der Waals surface area contributed by atoms with Gasteiger partial charge in [-0.3, -0.25) is 4.79 Å². The fraction of sp³-hybridized carbons (Fsp3) is 0.267. The maximum Gasteiger partial charge on any atom is 0.235 e. The van der Waals surface area contributed by atoms with Crippen LogP contribution in [0.1, 0.15) is 12.0 Å². The summed E-state index contributed by atoms with van der Waals surface area (Å²) in [6.45, 7) is 0.0380. The molecule has 107 valence electrons. The zero-order valence-electron chi connectivity index (χ0n) is 11.4. The number of alkyl halides is 1. The molecule has 2 rings (SSSR count). The van der Waals surface area contributed by atoms with Crippen LogP contribution in [0.2, 0.25) is 0 Å². The van der Waals surface area contributed by atoms with E-state index in [1.165, 1.54) is 17.0 Å². The molecule has 1 unspecified atom stereocenters.